The van der Waals surface area contributed by atoms with Crippen LogP contribution in [-0.2, 0) is 4.79 Å². The first kappa shape index (κ1) is 10.9. The maximum absolute atomic E-state index is 12.1. The monoisotopic (exact) mass is 210 g/mol. The van der Waals surface area contributed by atoms with Crippen LogP contribution < -0.4 is 10.6 Å². The molecule has 1 aliphatic heterocycles. The third-order valence-corrected chi connectivity index (χ3v) is 3.60. The molecule has 0 bridgehead atoms. The summed E-state index contributed by atoms with van der Waals surface area (Å²) in [6.07, 6.45) is 6.80. The zero-order chi connectivity index (χ0) is 10.7. The molecule has 0 aromatic rings. The topological polar surface area (TPSA) is 41.1 Å². The van der Waals surface area contributed by atoms with Gasteiger partial charge in [0, 0.05) is 6.54 Å². The first-order valence-electron chi connectivity index (χ1n) is 6.30. The highest BCUT2D eigenvalue weighted by Crippen LogP contribution is 2.29. The molecule has 86 valence electrons. The summed E-state index contributed by atoms with van der Waals surface area (Å²) in [7, 11) is 0. The first-order valence-corrected chi connectivity index (χ1v) is 6.30. The first-order chi connectivity index (χ1) is 7.27. The Bertz CT molecular complexity index is 230. The molecule has 0 spiro atoms. The van der Waals surface area contributed by atoms with E-state index in [0.717, 1.165) is 44.7 Å². The molecule has 0 radical (unpaired) electrons. The molecule has 0 aromatic carbocycles. The van der Waals surface area contributed by atoms with Gasteiger partial charge in [0.1, 0.15) is 0 Å². The molecule has 2 N–H and O–H groups in total. The quantitative estimate of drug-likeness (QED) is 0.721. The average Bonchev–Trinajstić information content (AvgIpc) is 2.94. The van der Waals surface area contributed by atoms with E-state index >= 15 is 0 Å². The standard InChI is InChI=1S/C12H22N2O/c1-2-6-12(7-3-8-14-12)11(15)13-9-10-4-5-10/h10,14H,2-9H2,1H3,(H,13,15). The number of hydrogen-bond donors (Lipinski definition) is 2. The normalized spacial score (nSPS) is 30.5. The SMILES string of the molecule is CCCC1(C(=O)NCC2CC2)CCCN1. The highest BCUT2D eigenvalue weighted by atomic mass is 16.2. The molecule has 3 nitrogen and oxygen atoms in total. The number of carbonyl (C=O) groups excluding carboxylic acids is 1. The van der Waals surface area contributed by atoms with E-state index in [2.05, 4.69) is 17.6 Å². The Hall–Kier alpha value is -0.570. The lowest BCUT2D eigenvalue weighted by Gasteiger charge is -2.27. The smallest absolute Gasteiger partial charge is 0.240 e. The summed E-state index contributed by atoms with van der Waals surface area (Å²) in [5, 5.41) is 6.51. The molecule has 2 fully saturated rings. The minimum atomic E-state index is -0.232. The summed E-state index contributed by atoms with van der Waals surface area (Å²) in [4.78, 5) is 12.1. The maximum Gasteiger partial charge on any atom is 0.240 e. The van der Waals surface area contributed by atoms with Crippen molar-refractivity contribution < 1.29 is 4.79 Å². The molecule has 3 heteroatoms. The molecule has 2 aliphatic rings. The van der Waals surface area contributed by atoms with E-state index in [1.54, 1.807) is 0 Å². The molecule has 1 heterocycles. The predicted octanol–water partition coefficient (Wildman–Crippen LogP) is 1.43. The van der Waals surface area contributed by atoms with Gasteiger partial charge < -0.3 is 10.6 Å². The van der Waals surface area contributed by atoms with Crippen LogP contribution in [0.4, 0.5) is 0 Å². The highest BCUT2D eigenvalue weighted by Gasteiger charge is 2.40. The second-order valence-electron chi connectivity index (χ2n) is 5.02. The van der Waals surface area contributed by atoms with E-state index in [1.165, 1.54) is 12.8 Å². The van der Waals surface area contributed by atoms with Gasteiger partial charge in [-0.1, -0.05) is 13.3 Å². The third kappa shape index (κ3) is 2.51. The van der Waals surface area contributed by atoms with Crippen molar-refractivity contribution in [1.82, 2.24) is 10.6 Å². The fraction of sp³-hybridized carbons (Fsp3) is 0.917. The van der Waals surface area contributed by atoms with E-state index in [-0.39, 0.29) is 11.4 Å². The molecule has 2 rings (SSSR count). The van der Waals surface area contributed by atoms with Crippen molar-refractivity contribution in [1.29, 1.82) is 0 Å². The Morgan fingerprint density at radius 1 is 1.53 bits per heavy atom. The summed E-state index contributed by atoms with van der Waals surface area (Å²) in [6.45, 7) is 4.04. The number of amides is 1. The predicted molar refractivity (Wildman–Crippen MR) is 60.6 cm³/mol. The molecule has 1 saturated heterocycles. The molecule has 1 aliphatic carbocycles. The highest BCUT2D eigenvalue weighted by molar-refractivity contribution is 5.86. The van der Waals surface area contributed by atoms with Crippen LogP contribution in [0.25, 0.3) is 0 Å². The van der Waals surface area contributed by atoms with Gasteiger partial charge in [0.25, 0.3) is 0 Å². The van der Waals surface area contributed by atoms with Crippen molar-refractivity contribution >= 4 is 5.91 Å². The lowest BCUT2D eigenvalue weighted by Crippen LogP contribution is -2.53. The molecule has 1 amide bonds. The number of hydrogen-bond acceptors (Lipinski definition) is 2. The van der Waals surface area contributed by atoms with Gasteiger partial charge >= 0.3 is 0 Å². The third-order valence-electron chi connectivity index (χ3n) is 3.60. The summed E-state index contributed by atoms with van der Waals surface area (Å²) >= 11 is 0. The second-order valence-corrected chi connectivity index (χ2v) is 5.02. The van der Waals surface area contributed by atoms with E-state index in [9.17, 15) is 4.79 Å². The van der Waals surface area contributed by atoms with Gasteiger partial charge in [-0.2, -0.15) is 0 Å². The van der Waals surface area contributed by atoms with Crippen LogP contribution in [0.5, 0.6) is 0 Å². The lowest BCUT2D eigenvalue weighted by molar-refractivity contribution is -0.127. The van der Waals surface area contributed by atoms with Crippen molar-refractivity contribution in [3.8, 4) is 0 Å². The Labute approximate surface area is 92.0 Å². The van der Waals surface area contributed by atoms with E-state index in [0.29, 0.717) is 0 Å². The van der Waals surface area contributed by atoms with Gasteiger partial charge in [-0.25, -0.2) is 0 Å². The van der Waals surface area contributed by atoms with Crippen LogP contribution in [0.15, 0.2) is 0 Å². The van der Waals surface area contributed by atoms with Crippen LogP contribution in [0.3, 0.4) is 0 Å². The van der Waals surface area contributed by atoms with Gasteiger partial charge in [0.2, 0.25) is 5.91 Å². The van der Waals surface area contributed by atoms with E-state index < -0.39 is 0 Å². The Morgan fingerprint density at radius 2 is 2.33 bits per heavy atom. The van der Waals surface area contributed by atoms with Crippen LogP contribution in [-0.4, -0.2) is 24.5 Å². The van der Waals surface area contributed by atoms with Gasteiger partial charge in [-0.05, 0) is 44.6 Å². The van der Waals surface area contributed by atoms with Crippen molar-refractivity contribution in [3.05, 3.63) is 0 Å². The summed E-state index contributed by atoms with van der Waals surface area (Å²) < 4.78 is 0. The minimum absolute atomic E-state index is 0.232. The summed E-state index contributed by atoms with van der Waals surface area (Å²) in [5.74, 6) is 1.02. The molecule has 15 heavy (non-hydrogen) atoms. The number of rotatable bonds is 5. The zero-order valence-electron chi connectivity index (χ0n) is 9.64. The van der Waals surface area contributed by atoms with Crippen molar-refractivity contribution in [2.45, 2.75) is 51.0 Å². The van der Waals surface area contributed by atoms with Gasteiger partial charge in [-0.15, -0.1) is 0 Å². The number of carbonyl (C=O) groups is 1. The van der Waals surface area contributed by atoms with E-state index in [1.807, 2.05) is 0 Å². The van der Waals surface area contributed by atoms with Crippen LogP contribution in [0, 0.1) is 5.92 Å². The van der Waals surface area contributed by atoms with Crippen molar-refractivity contribution in [2.75, 3.05) is 13.1 Å². The zero-order valence-corrected chi connectivity index (χ0v) is 9.64. The largest absolute Gasteiger partial charge is 0.354 e. The van der Waals surface area contributed by atoms with E-state index in [4.69, 9.17) is 0 Å². The fourth-order valence-corrected chi connectivity index (χ4v) is 2.48. The molecular weight excluding hydrogens is 188 g/mol. The molecule has 0 aromatic heterocycles. The fourth-order valence-electron chi connectivity index (χ4n) is 2.48. The molecular formula is C12H22N2O. The summed E-state index contributed by atoms with van der Waals surface area (Å²) in [6, 6.07) is 0. The van der Waals surface area contributed by atoms with Crippen LogP contribution >= 0.6 is 0 Å². The maximum atomic E-state index is 12.1. The van der Waals surface area contributed by atoms with Gasteiger partial charge in [-0.3, -0.25) is 4.79 Å². The van der Waals surface area contributed by atoms with Gasteiger partial charge in [0.15, 0.2) is 0 Å². The minimum Gasteiger partial charge on any atom is -0.354 e. The van der Waals surface area contributed by atoms with Crippen molar-refractivity contribution in [3.63, 3.8) is 0 Å². The second kappa shape index (κ2) is 4.52. The van der Waals surface area contributed by atoms with Crippen LogP contribution in [0.1, 0.15) is 45.4 Å². The Morgan fingerprint density at radius 3 is 2.87 bits per heavy atom. The molecule has 1 unspecified atom stereocenters. The lowest BCUT2D eigenvalue weighted by atomic mass is 9.91. The molecule has 1 saturated carbocycles. The van der Waals surface area contributed by atoms with Gasteiger partial charge in [0.05, 0.1) is 5.54 Å². The van der Waals surface area contributed by atoms with Crippen LogP contribution in [0.2, 0.25) is 0 Å². The van der Waals surface area contributed by atoms with Crippen molar-refractivity contribution in [2.24, 2.45) is 5.92 Å². The summed E-state index contributed by atoms with van der Waals surface area (Å²) in [5.41, 5.74) is -0.232. The Balaban J connectivity index is 1.87. The number of nitrogens with one attached hydrogen (secondary N) is 2. The average molecular weight is 210 g/mol. The Kier molecular flexibility index (Phi) is 3.29. The molecule has 1 atom stereocenters.